The molecule has 1 aliphatic heterocycles. The van der Waals surface area contributed by atoms with Crippen molar-refractivity contribution in [1.82, 2.24) is 4.90 Å². The van der Waals surface area contributed by atoms with Crippen LogP contribution >= 0.6 is 0 Å². The molecule has 2 amide bonds. The highest BCUT2D eigenvalue weighted by molar-refractivity contribution is 5.97. The molecule has 0 radical (unpaired) electrons. The van der Waals surface area contributed by atoms with Crippen LogP contribution in [0.15, 0.2) is 24.3 Å². The molecule has 1 aromatic carbocycles. The maximum atomic E-state index is 12.7. The number of likely N-dealkylation sites (tertiary alicyclic amines) is 1. The Bertz CT molecular complexity index is 707. The van der Waals surface area contributed by atoms with Crippen molar-refractivity contribution in [3.8, 4) is 0 Å². The molecule has 146 valence electrons. The number of nitrogens with zero attached hydrogens (tertiary/aromatic N) is 1. The Hall–Kier alpha value is -2.37. The summed E-state index contributed by atoms with van der Waals surface area (Å²) in [5.74, 6) is -1.15. The van der Waals surface area contributed by atoms with Crippen LogP contribution < -0.4 is 5.32 Å². The summed E-state index contributed by atoms with van der Waals surface area (Å²) in [6, 6.07) is 7.12. The Morgan fingerprint density at radius 1 is 1.11 bits per heavy atom. The molecule has 1 atom stereocenters. The van der Waals surface area contributed by atoms with E-state index in [1.54, 1.807) is 24.3 Å². The van der Waals surface area contributed by atoms with E-state index in [0.717, 1.165) is 38.6 Å². The maximum Gasteiger partial charge on any atom is 0.310 e. The van der Waals surface area contributed by atoms with Crippen molar-refractivity contribution in [3.63, 3.8) is 0 Å². The summed E-state index contributed by atoms with van der Waals surface area (Å²) in [4.78, 5) is 38.5. The maximum absolute atomic E-state index is 12.7. The van der Waals surface area contributed by atoms with Gasteiger partial charge in [0.25, 0.3) is 5.91 Å². The molecule has 3 rings (SSSR count). The summed E-state index contributed by atoms with van der Waals surface area (Å²) in [5.41, 5.74) is 0.269. The molecule has 2 N–H and O–H groups in total. The average Bonchev–Trinajstić information content (AvgIpc) is 3.12. The van der Waals surface area contributed by atoms with E-state index in [1.165, 1.54) is 0 Å². The van der Waals surface area contributed by atoms with Gasteiger partial charge >= 0.3 is 5.97 Å². The average molecular weight is 372 g/mol. The molecule has 1 heterocycles. The number of rotatable bonds is 5. The lowest BCUT2D eigenvalue weighted by Gasteiger charge is -2.33. The van der Waals surface area contributed by atoms with Crippen molar-refractivity contribution in [1.29, 1.82) is 0 Å². The second-order valence-corrected chi connectivity index (χ2v) is 7.94. The van der Waals surface area contributed by atoms with Crippen LogP contribution in [0.4, 0.5) is 5.69 Å². The quantitative estimate of drug-likeness (QED) is 0.825. The van der Waals surface area contributed by atoms with Crippen molar-refractivity contribution < 1.29 is 19.5 Å². The molecule has 27 heavy (non-hydrogen) atoms. The first-order valence-electron chi connectivity index (χ1n) is 9.86. The normalized spacial score (nSPS) is 21.7. The monoisotopic (exact) mass is 372 g/mol. The Labute approximate surface area is 159 Å². The molecule has 6 heteroatoms. The van der Waals surface area contributed by atoms with E-state index in [9.17, 15) is 19.5 Å². The van der Waals surface area contributed by atoms with Crippen LogP contribution in [-0.4, -0.2) is 40.4 Å². The van der Waals surface area contributed by atoms with Gasteiger partial charge in [0, 0.05) is 30.3 Å². The van der Waals surface area contributed by atoms with E-state index in [0.29, 0.717) is 24.1 Å². The zero-order valence-corrected chi connectivity index (χ0v) is 15.9. The van der Waals surface area contributed by atoms with Gasteiger partial charge in [-0.05, 0) is 63.3 Å². The molecule has 1 aromatic rings. The van der Waals surface area contributed by atoms with E-state index in [4.69, 9.17) is 0 Å². The third-order valence-electron chi connectivity index (χ3n) is 5.99. The van der Waals surface area contributed by atoms with Crippen LogP contribution in [0.25, 0.3) is 0 Å². The smallest absolute Gasteiger partial charge is 0.310 e. The summed E-state index contributed by atoms with van der Waals surface area (Å²) in [7, 11) is 0. The molecule has 0 bridgehead atoms. The largest absolute Gasteiger partial charge is 0.481 e. The number of hydrogen-bond donors (Lipinski definition) is 2. The van der Waals surface area contributed by atoms with Crippen LogP contribution in [0.5, 0.6) is 0 Å². The number of amides is 2. The summed E-state index contributed by atoms with van der Waals surface area (Å²) >= 11 is 0. The van der Waals surface area contributed by atoms with E-state index in [-0.39, 0.29) is 24.3 Å². The first-order valence-corrected chi connectivity index (χ1v) is 9.86. The van der Waals surface area contributed by atoms with Crippen molar-refractivity contribution >= 4 is 23.5 Å². The minimum absolute atomic E-state index is 0.00565. The summed E-state index contributed by atoms with van der Waals surface area (Å²) in [6.45, 7) is 2.86. The number of aliphatic carboxylic acids is 1. The van der Waals surface area contributed by atoms with Gasteiger partial charge in [-0.2, -0.15) is 0 Å². The topological polar surface area (TPSA) is 86.7 Å². The van der Waals surface area contributed by atoms with Gasteiger partial charge in [-0.25, -0.2) is 0 Å². The van der Waals surface area contributed by atoms with Gasteiger partial charge in [-0.1, -0.05) is 12.8 Å². The zero-order chi connectivity index (χ0) is 19.4. The van der Waals surface area contributed by atoms with Gasteiger partial charge in [0.05, 0.1) is 5.41 Å². The van der Waals surface area contributed by atoms with Crippen LogP contribution in [0.2, 0.25) is 0 Å². The molecule has 1 saturated heterocycles. The lowest BCUT2D eigenvalue weighted by molar-refractivity contribution is -0.150. The van der Waals surface area contributed by atoms with Crippen LogP contribution in [0.1, 0.15) is 68.6 Å². The highest BCUT2D eigenvalue weighted by Gasteiger charge is 2.42. The van der Waals surface area contributed by atoms with Gasteiger partial charge < -0.3 is 15.3 Å². The fourth-order valence-corrected chi connectivity index (χ4v) is 4.29. The molecule has 1 aliphatic carbocycles. The Morgan fingerprint density at radius 3 is 2.37 bits per heavy atom. The van der Waals surface area contributed by atoms with Gasteiger partial charge in [0.1, 0.15) is 0 Å². The predicted octanol–water partition coefficient (Wildman–Crippen LogP) is 3.67. The van der Waals surface area contributed by atoms with E-state index in [2.05, 4.69) is 12.2 Å². The van der Waals surface area contributed by atoms with Crippen LogP contribution in [0, 0.1) is 5.41 Å². The highest BCUT2D eigenvalue weighted by atomic mass is 16.4. The lowest BCUT2D eigenvalue weighted by Crippen LogP contribution is -2.42. The minimum Gasteiger partial charge on any atom is -0.481 e. The van der Waals surface area contributed by atoms with Crippen molar-refractivity contribution in [3.05, 3.63) is 29.8 Å². The number of carboxylic acid groups (broad SMARTS) is 1. The summed E-state index contributed by atoms with van der Waals surface area (Å²) in [5, 5.41) is 12.3. The number of carboxylic acids is 1. The van der Waals surface area contributed by atoms with Crippen molar-refractivity contribution in [2.45, 2.75) is 64.3 Å². The first kappa shape index (κ1) is 19.4. The van der Waals surface area contributed by atoms with Gasteiger partial charge in [0.2, 0.25) is 5.91 Å². The number of piperidine rings is 1. The van der Waals surface area contributed by atoms with Gasteiger partial charge in [-0.3, -0.25) is 14.4 Å². The zero-order valence-electron chi connectivity index (χ0n) is 15.9. The second kappa shape index (κ2) is 8.11. The van der Waals surface area contributed by atoms with E-state index in [1.807, 2.05) is 4.90 Å². The van der Waals surface area contributed by atoms with Crippen LogP contribution in [-0.2, 0) is 9.59 Å². The van der Waals surface area contributed by atoms with Gasteiger partial charge in [0.15, 0.2) is 0 Å². The number of anilines is 1. The second-order valence-electron chi connectivity index (χ2n) is 7.94. The molecule has 0 aromatic heterocycles. The first-order chi connectivity index (χ1) is 12.9. The molecule has 1 unspecified atom stereocenters. The summed E-state index contributed by atoms with van der Waals surface area (Å²) in [6.07, 6.45) is 6.04. The fraction of sp³-hybridized carbons (Fsp3) is 0.571. The Kier molecular flexibility index (Phi) is 5.82. The minimum atomic E-state index is -0.926. The Balaban J connectivity index is 1.61. The summed E-state index contributed by atoms with van der Waals surface area (Å²) < 4.78 is 0. The third kappa shape index (κ3) is 4.31. The number of benzene rings is 1. The molecule has 2 aliphatic rings. The molecule has 6 nitrogen and oxygen atoms in total. The predicted molar refractivity (Wildman–Crippen MR) is 103 cm³/mol. The fourth-order valence-electron chi connectivity index (χ4n) is 4.29. The standard InChI is InChI=1S/C21H28N2O4/c1-15-6-2-5-13-23(15)19(25)16-7-9-17(10-8-16)22-18(24)14-21(20(26)27)11-3-4-12-21/h7-10,15H,2-6,11-14H2,1H3,(H,22,24)(H,26,27). The van der Waals surface area contributed by atoms with Gasteiger partial charge in [-0.15, -0.1) is 0 Å². The number of hydrogen-bond acceptors (Lipinski definition) is 3. The van der Waals surface area contributed by atoms with Crippen molar-refractivity contribution in [2.24, 2.45) is 5.41 Å². The number of nitrogens with one attached hydrogen (secondary N) is 1. The lowest BCUT2D eigenvalue weighted by atomic mass is 9.82. The Morgan fingerprint density at radius 2 is 1.78 bits per heavy atom. The SMILES string of the molecule is CC1CCCCN1C(=O)c1ccc(NC(=O)CC2(C(=O)O)CCCC2)cc1. The molecule has 0 spiro atoms. The number of carbonyl (C=O) groups is 3. The molecular formula is C21H28N2O4. The van der Waals surface area contributed by atoms with Crippen LogP contribution in [0.3, 0.4) is 0 Å². The van der Waals surface area contributed by atoms with E-state index < -0.39 is 11.4 Å². The molecule has 1 saturated carbocycles. The van der Waals surface area contributed by atoms with Crippen molar-refractivity contribution in [2.75, 3.05) is 11.9 Å². The third-order valence-corrected chi connectivity index (χ3v) is 5.99. The molecule has 2 fully saturated rings. The van der Waals surface area contributed by atoms with E-state index >= 15 is 0 Å². The number of carbonyl (C=O) groups excluding carboxylic acids is 2. The molecular weight excluding hydrogens is 344 g/mol. The highest BCUT2D eigenvalue weighted by Crippen LogP contribution is 2.41.